The Morgan fingerprint density at radius 2 is 1.81 bits per heavy atom. The van der Waals surface area contributed by atoms with Crippen molar-refractivity contribution < 1.29 is 9.59 Å². The van der Waals surface area contributed by atoms with Crippen LogP contribution >= 0.6 is 11.3 Å². The third kappa shape index (κ3) is 5.34. The van der Waals surface area contributed by atoms with Gasteiger partial charge in [0.1, 0.15) is 5.01 Å². The lowest BCUT2D eigenvalue weighted by Gasteiger charge is -2.34. The van der Waals surface area contributed by atoms with Gasteiger partial charge in [-0.25, -0.2) is 0 Å². The molecule has 0 atom stereocenters. The van der Waals surface area contributed by atoms with Crippen LogP contribution in [0.1, 0.15) is 23.4 Å². The molecule has 1 N–H and O–H groups in total. The third-order valence-corrected chi connectivity index (χ3v) is 5.07. The van der Waals surface area contributed by atoms with Gasteiger partial charge in [0.15, 0.2) is 0 Å². The van der Waals surface area contributed by atoms with E-state index < -0.39 is 0 Å². The number of aromatic nitrogens is 2. The monoisotopic (exact) mass is 373 g/mol. The van der Waals surface area contributed by atoms with Crippen LogP contribution in [0.4, 0.5) is 5.13 Å². The summed E-state index contributed by atoms with van der Waals surface area (Å²) in [5, 5.41) is 11.7. The van der Waals surface area contributed by atoms with Gasteiger partial charge in [0.25, 0.3) is 0 Å². The van der Waals surface area contributed by atoms with Crippen molar-refractivity contribution >= 4 is 28.3 Å². The Bertz CT molecular complexity index is 741. The van der Waals surface area contributed by atoms with Crippen molar-refractivity contribution in [2.45, 2.75) is 26.3 Å². The van der Waals surface area contributed by atoms with Gasteiger partial charge in [-0.15, -0.1) is 10.2 Å². The first-order valence-corrected chi connectivity index (χ1v) is 9.56. The van der Waals surface area contributed by atoms with Crippen LogP contribution in [0.25, 0.3) is 0 Å². The Morgan fingerprint density at radius 3 is 2.46 bits per heavy atom. The number of amides is 2. The summed E-state index contributed by atoms with van der Waals surface area (Å²) < 4.78 is 0. The normalized spacial score (nSPS) is 15.0. The van der Waals surface area contributed by atoms with Crippen LogP contribution in [0, 0.1) is 6.92 Å². The minimum absolute atomic E-state index is 0.0351. The van der Waals surface area contributed by atoms with Crippen LogP contribution in [0.2, 0.25) is 0 Å². The zero-order chi connectivity index (χ0) is 18.4. The van der Waals surface area contributed by atoms with Crippen LogP contribution in [-0.2, 0) is 16.1 Å². The summed E-state index contributed by atoms with van der Waals surface area (Å²) in [7, 11) is 0. The van der Waals surface area contributed by atoms with Crippen LogP contribution < -0.4 is 5.32 Å². The van der Waals surface area contributed by atoms with E-state index in [4.69, 9.17) is 0 Å². The first-order valence-electron chi connectivity index (χ1n) is 8.74. The zero-order valence-electron chi connectivity index (χ0n) is 14.9. The third-order valence-electron chi connectivity index (χ3n) is 4.31. The smallest absolute Gasteiger partial charge is 0.226 e. The summed E-state index contributed by atoms with van der Waals surface area (Å²) in [6.45, 7) is 5.88. The standard InChI is InChI=1S/C18H23N5O2S/c1-14-20-21-18(26-14)19-16(24)7-8-17(25)23-11-9-22(10-12-23)13-15-5-3-2-4-6-15/h2-6H,7-13H2,1H3,(H,19,21,24). The summed E-state index contributed by atoms with van der Waals surface area (Å²) in [4.78, 5) is 28.4. The van der Waals surface area contributed by atoms with E-state index in [1.807, 2.05) is 30.0 Å². The minimum Gasteiger partial charge on any atom is -0.340 e. The minimum atomic E-state index is -0.197. The van der Waals surface area contributed by atoms with Crippen LogP contribution in [0.3, 0.4) is 0 Å². The van der Waals surface area contributed by atoms with Gasteiger partial charge in [-0.3, -0.25) is 14.5 Å². The van der Waals surface area contributed by atoms with Crippen LogP contribution in [-0.4, -0.2) is 58.0 Å². The lowest BCUT2D eigenvalue weighted by Crippen LogP contribution is -2.48. The van der Waals surface area contributed by atoms with Crippen LogP contribution in [0.15, 0.2) is 30.3 Å². The first kappa shape index (κ1) is 18.5. The molecule has 0 unspecified atom stereocenters. The molecule has 1 aliphatic rings. The summed E-state index contributed by atoms with van der Waals surface area (Å²) in [5.41, 5.74) is 1.29. The Balaban J connectivity index is 1.37. The molecule has 0 bridgehead atoms. The fraction of sp³-hybridized carbons (Fsp3) is 0.444. The second kappa shape index (κ2) is 8.86. The average Bonchev–Trinajstić information content (AvgIpc) is 3.06. The molecule has 2 aromatic rings. The number of carbonyl (C=O) groups is 2. The second-order valence-electron chi connectivity index (χ2n) is 6.32. The quantitative estimate of drug-likeness (QED) is 0.837. The van der Waals surface area contributed by atoms with Crippen molar-refractivity contribution in [3.63, 3.8) is 0 Å². The Morgan fingerprint density at radius 1 is 1.08 bits per heavy atom. The largest absolute Gasteiger partial charge is 0.340 e. The molecule has 2 heterocycles. The molecule has 1 aromatic heterocycles. The number of carbonyl (C=O) groups excluding carboxylic acids is 2. The zero-order valence-corrected chi connectivity index (χ0v) is 15.7. The molecule has 2 amide bonds. The predicted octanol–water partition coefficient (Wildman–Crippen LogP) is 1.91. The number of benzene rings is 1. The molecular weight excluding hydrogens is 350 g/mol. The van der Waals surface area contributed by atoms with Crippen LogP contribution in [0.5, 0.6) is 0 Å². The lowest BCUT2D eigenvalue weighted by atomic mass is 10.2. The van der Waals surface area contributed by atoms with E-state index in [0.717, 1.165) is 24.6 Å². The summed E-state index contributed by atoms with van der Waals surface area (Å²) in [5.74, 6) is -0.162. The van der Waals surface area contributed by atoms with Gasteiger partial charge in [0.2, 0.25) is 16.9 Å². The Hall–Kier alpha value is -2.32. The SMILES string of the molecule is Cc1nnc(NC(=O)CCC(=O)N2CCN(Cc3ccccc3)CC2)s1. The molecule has 1 fully saturated rings. The molecule has 26 heavy (non-hydrogen) atoms. The van der Waals surface area contributed by atoms with E-state index in [1.165, 1.54) is 16.9 Å². The predicted molar refractivity (Wildman–Crippen MR) is 101 cm³/mol. The van der Waals surface area contributed by atoms with Crippen molar-refractivity contribution in [2.24, 2.45) is 0 Å². The van der Waals surface area contributed by atoms with Crippen molar-refractivity contribution in [1.82, 2.24) is 20.0 Å². The summed E-state index contributed by atoms with van der Waals surface area (Å²) >= 11 is 1.32. The number of hydrogen-bond acceptors (Lipinski definition) is 6. The number of piperazine rings is 1. The Kier molecular flexibility index (Phi) is 6.30. The van der Waals surface area contributed by atoms with E-state index in [9.17, 15) is 9.59 Å². The van der Waals surface area contributed by atoms with Crippen molar-refractivity contribution in [3.05, 3.63) is 40.9 Å². The molecule has 1 saturated heterocycles. The summed E-state index contributed by atoms with van der Waals surface area (Å²) in [6.07, 6.45) is 0.393. The van der Waals surface area contributed by atoms with Crippen molar-refractivity contribution in [3.8, 4) is 0 Å². The highest BCUT2D eigenvalue weighted by Gasteiger charge is 2.21. The molecule has 0 radical (unpaired) electrons. The molecule has 0 saturated carbocycles. The van der Waals surface area contributed by atoms with Gasteiger partial charge >= 0.3 is 0 Å². The molecule has 0 aliphatic carbocycles. The van der Waals surface area contributed by atoms with E-state index >= 15 is 0 Å². The number of aryl methyl sites for hydroxylation is 1. The molecule has 8 heteroatoms. The fourth-order valence-electron chi connectivity index (χ4n) is 2.90. The van der Waals surface area contributed by atoms with E-state index in [1.54, 1.807) is 0 Å². The molecule has 1 aliphatic heterocycles. The molecule has 1 aromatic carbocycles. The highest BCUT2D eigenvalue weighted by molar-refractivity contribution is 7.15. The molecule has 7 nitrogen and oxygen atoms in total. The molecule has 3 rings (SSSR count). The maximum atomic E-state index is 12.3. The van der Waals surface area contributed by atoms with E-state index in [-0.39, 0.29) is 24.7 Å². The number of nitrogens with one attached hydrogen (secondary N) is 1. The van der Waals surface area contributed by atoms with Gasteiger partial charge in [0, 0.05) is 45.6 Å². The van der Waals surface area contributed by atoms with Crippen molar-refractivity contribution in [1.29, 1.82) is 0 Å². The first-order chi connectivity index (χ1) is 12.6. The van der Waals surface area contributed by atoms with E-state index in [2.05, 4.69) is 32.5 Å². The van der Waals surface area contributed by atoms with Crippen molar-refractivity contribution in [2.75, 3.05) is 31.5 Å². The maximum Gasteiger partial charge on any atom is 0.226 e. The Labute approximate surface area is 157 Å². The van der Waals surface area contributed by atoms with Gasteiger partial charge in [0.05, 0.1) is 0 Å². The molecule has 138 valence electrons. The van der Waals surface area contributed by atoms with Gasteiger partial charge in [-0.05, 0) is 12.5 Å². The molecular formula is C18H23N5O2S. The van der Waals surface area contributed by atoms with Gasteiger partial charge < -0.3 is 10.2 Å². The maximum absolute atomic E-state index is 12.3. The highest BCUT2D eigenvalue weighted by atomic mass is 32.1. The fourth-order valence-corrected chi connectivity index (χ4v) is 3.51. The second-order valence-corrected chi connectivity index (χ2v) is 7.50. The average molecular weight is 373 g/mol. The number of anilines is 1. The highest BCUT2D eigenvalue weighted by Crippen LogP contribution is 2.14. The van der Waals surface area contributed by atoms with Gasteiger partial charge in [-0.1, -0.05) is 41.7 Å². The summed E-state index contributed by atoms with van der Waals surface area (Å²) in [6, 6.07) is 10.3. The van der Waals surface area contributed by atoms with E-state index in [0.29, 0.717) is 18.2 Å². The number of nitrogens with zero attached hydrogens (tertiary/aromatic N) is 4. The topological polar surface area (TPSA) is 78.4 Å². The number of rotatable bonds is 6. The lowest BCUT2D eigenvalue weighted by molar-refractivity contribution is -0.134. The molecule has 0 spiro atoms. The number of hydrogen-bond donors (Lipinski definition) is 1. The van der Waals surface area contributed by atoms with Gasteiger partial charge in [-0.2, -0.15) is 0 Å².